The van der Waals surface area contributed by atoms with Gasteiger partial charge in [-0.2, -0.15) is 0 Å². The summed E-state index contributed by atoms with van der Waals surface area (Å²) in [6.07, 6.45) is 3.13. The van der Waals surface area contributed by atoms with Crippen LogP contribution in [0.5, 0.6) is 0 Å². The smallest absolute Gasteiger partial charge is 0.253 e. The monoisotopic (exact) mass is 208 g/mol. The van der Waals surface area contributed by atoms with Crippen LogP contribution in [-0.4, -0.2) is 47.2 Å². The van der Waals surface area contributed by atoms with E-state index in [2.05, 4.69) is 15.2 Å². The Kier molecular flexibility index (Phi) is 3.47. The largest absolute Gasteiger partial charge is 0.314 e. The average Bonchev–Trinajstić information content (AvgIpc) is 2.29. The fraction of sp³-hybridized carbons (Fsp3) is 0.600. The van der Waals surface area contributed by atoms with E-state index in [1.54, 1.807) is 10.9 Å². The minimum Gasteiger partial charge on any atom is -0.314 e. The van der Waals surface area contributed by atoms with Crippen molar-refractivity contribution >= 4 is 0 Å². The van der Waals surface area contributed by atoms with Crippen molar-refractivity contribution in [1.82, 2.24) is 19.8 Å². The molecule has 1 aromatic rings. The number of nitrogens with one attached hydrogen (secondary N) is 1. The predicted octanol–water partition coefficient (Wildman–Crippen LogP) is -0.851. The number of rotatable bonds is 3. The highest BCUT2D eigenvalue weighted by Crippen LogP contribution is 1.92. The minimum absolute atomic E-state index is 0.0279. The maximum atomic E-state index is 11.4. The van der Waals surface area contributed by atoms with Crippen LogP contribution in [0.15, 0.2) is 23.4 Å². The van der Waals surface area contributed by atoms with E-state index in [9.17, 15) is 4.79 Å². The third-order valence-electron chi connectivity index (χ3n) is 2.66. The molecule has 0 bridgehead atoms. The van der Waals surface area contributed by atoms with Crippen LogP contribution >= 0.6 is 0 Å². The second kappa shape index (κ2) is 5.04. The zero-order valence-corrected chi connectivity index (χ0v) is 8.72. The molecule has 5 nitrogen and oxygen atoms in total. The van der Waals surface area contributed by atoms with Crippen molar-refractivity contribution in [1.29, 1.82) is 0 Å². The molecule has 2 rings (SSSR count). The lowest BCUT2D eigenvalue weighted by molar-refractivity contribution is 0.231. The van der Waals surface area contributed by atoms with E-state index in [1.165, 1.54) is 12.3 Å². The molecule has 0 spiro atoms. The maximum Gasteiger partial charge on any atom is 0.253 e. The van der Waals surface area contributed by atoms with Crippen molar-refractivity contribution in [2.24, 2.45) is 0 Å². The number of piperazine rings is 1. The van der Waals surface area contributed by atoms with Crippen molar-refractivity contribution in [3.63, 3.8) is 0 Å². The van der Waals surface area contributed by atoms with Crippen LogP contribution in [0.4, 0.5) is 0 Å². The summed E-state index contributed by atoms with van der Waals surface area (Å²) in [6.45, 7) is 5.87. The van der Waals surface area contributed by atoms with E-state index in [0.717, 1.165) is 39.3 Å². The molecule has 15 heavy (non-hydrogen) atoms. The highest BCUT2D eigenvalue weighted by atomic mass is 16.1. The van der Waals surface area contributed by atoms with E-state index in [4.69, 9.17) is 0 Å². The molecule has 1 aliphatic heterocycles. The Hall–Kier alpha value is -1.20. The van der Waals surface area contributed by atoms with Gasteiger partial charge in [0.15, 0.2) is 0 Å². The van der Waals surface area contributed by atoms with Gasteiger partial charge in [-0.15, -0.1) is 0 Å². The lowest BCUT2D eigenvalue weighted by Gasteiger charge is -2.27. The van der Waals surface area contributed by atoms with E-state index >= 15 is 0 Å². The summed E-state index contributed by atoms with van der Waals surface area (Å²) in [7, 11) is 0. The molecule has 0 unspecified atom stereocenters. The van der Waals surface area contributed by atoms with E-state index in [-0.39, 0.29) is 5.56 Å². The highest BCUT2D eigenvalue weighted by molar-refractivity contribution is 4.82. The van der Waals surface area contributed by atoms with E-state index in [1.807, 2.05) is 0 Å². The lowest BCUT2D eigenvalue weighted by Crippen LogP contribution is -2.45. The van der Waals surface area contributed by atoms with Crippen molar-refractivity contribution in [2.45, 2.75) is 6.54 Å². The van der Waals surface area contributed by atoms with Crippen molar-refractivity contribution in [2.75, 3.05) is 32.7 Å². The third-order valence-corrected chi connectivity index (χ3v) is 2.66. The molecule has 0 aliphatic carbocycles. The number of hydrogen-bond acceptors (Lipinski definition) is 4. The van der Waals surface area contributed by atoms with Gasteiger partial charge in [0.05, 0.1) is 6.33 Å². The average molecular weight is 208 g/mol. The number of nitrogens with zero attached hydrogens (tertiary/aromatic N) is 3. The second-order valence-corrected chi connectivity index (χ2v) is 3.70. The molecule has 1 fully saturated rings. The fourth-order valence-electron chi connectivity index (χ4n) is 1.73. The molecule has 1 aromatic heterocycles. The van der Waals surface area contributed by atoms with Gasteiger partial charge in [0.25, 0.3) is 5.56 Å². The Labute approximate surface area is 88.7 Å². The van der Waals surface area contributed by atoms with Gasteiger partial charge in [0.2, 0.25) is 0 Å². The molecule has 2 heterocycles. The summed E-state index contributed by atoms with van der Waals surface area (Å²) in [4.78, 5) is 17.7. The quantitative estimate of drug-likeness (QED) is 0.703. The molecule has 1 N–H and O–H groups in total. The lowest BCUT2D eigenvalue weighted by atomic mass is 10.3. The molecule has 5 heteroatoms. The summed E-state index contributed by atoms with van der Waals surface area (Å²) in [5, 5.41) is 3.30. The van der Waals surface area contributed by atoms with Gasteiger partial charge < -0.3 is 5.32 Å². The molecule has 1 saturated heterocycles. The third kappa shape index (κ3) is 2.87. The van der Waals surface area contributed by atoms with Crippen LogP contribution in [0.1, 0.15) is 0 Å². The van der Waals surface area contributed by atoms with Gasteiger partial charge in [-0.25, -0.2) is 4.98 Å². The van der Waals surface area contributed by atoms with Gasteiger partial charge in [-0.1, -0.05) is 0 Å². The van der Waals surface area contributed by atoms with E-state index < -0.39 is 0 Å². The molecule has 82 valence electrons. The topological polar surface area (TPSA) is 50.2 Å². The summed E-state index contributed by atoms with van der Waals surface area (Å²) >= 11 is 0. The SMILES string of the molecule is O=c1ccncn1CCN1CCNCC1. The summed E-state index contributed by atoms with van der Waals surface area (Å²) < 4.78 is 1.65. The highest BCUT2D eigenvalue weighted by Gasteiger charge is 2.08. The molecular formula is C10H16N4O. The molecular weight excluding hydrogens is 192 g/mol. The molecule has 0 radical (unpaired) electrons. The summed E-state index contributed by atoms with van der Waals surface area (Å²) in [6, 6.07) is 1.50. The van der Waals surface area contributed by atoms with Crippen LogP contribution in [0.3, 0.4) is 0 Å². The van der Waals surface area contributed by atoms with Crippen molar-refractivity contribution in [3.8, 4) is 0 Å². The Morgan fingerprint density at radius 3 is 2.87 bits per heavy atom. The number of hydrogen-bond donors (Lipinski definition) is 1. The normalized spacial score (nSPS) is 17.9. The first-order valence-electron chi connectivity index (χ1n) is 5.30. The molecule has 0 amide bonds. The van der Waals surface area contributed by atoms with E-state index in [0.29, 0.717) is 0 Å². The fourth-order valence-corrected chi connectivity index (χ4v) is 1.73. The minimum atomic E-state index is 0.0279. The molecule has 1 aliphatic rings. The first kappa shape index (κ1) is 10.3. The van der Waals surface area contributed by atoms with Crippen LogP contribution in [0.2, 0.25) is 0 Å². The molecule has 0 atom stereocenters. The predicted molar refractivity (Wildman–Crippen MR) is 57.8 cm³/mol. The first-order chi connectivity index (χ1) is 7.36. The Morgan fingerprint density at radius 2 is 2.13 bits per heavy atom. The van der Waals surface area contributed by atoms with Crippen molar-refractivity contribution < 1.29 is 0 Å². The Balaban J connectivity index is 1.87. The maximum absolute atomic E-state index is 11.4. The standard InChI is InChI=1S/C10H16N4O/c15-10-1-2-12-9-14(10)8-7-13-5-3-11-4-6-13/h1-2,9,11H,3-8H2. The van der Waals surface area contributed by atoms with Crippen LogP contribution in [0.25, 0.3) is 0 Å². The molecule has 0 aromatic carbocycles. The van der Waals surface area contributed by atoms with Gasteiger partial charge in [0, 0.05) is 51.5 Å². The number of aromatic nitrogens is 2. The van der Waals surface area contributed by atoms with Crippen LogP contribution < -0.4 is 10.9 Å². The first-order valence-corrected chi connectivity index (χ1v) is 5.30. The van der Waals surface area contributed by atoms with Gasteiger partial charge in [-0.3, -0.25) is 14.3 Å². The summed E-state index contributed by atoms with van der Waals surface area (Å²) in [5.41, 5.74) is 0.0279. The van der Waals surface area contributed by atoms with Gasteiger partial charge in [0.1, 0.15) is 0 Å². The zero-order valence-electron chi connectivity index (χ0n) is 8.72. The van der Waals surface area contributed by atoms with Gasteiger partial charge >= 0.3 is 0 Å². The second-order valence-electron chi connectivity index (χ2n) is 3.70. The van der Waals surface area contributed by atoms with Crippen LogP contribution in [-0.2, 0) is 6.54 Å². The van der Waals surface area contributed by atoms with Crippen LogP contribution in [0, 0.1) is 0 Å². The summed E-state index contributed by atoms with van der Waals surface area (Å²) in [5.74, 6) is 0. The Bertz CT molecular complexity index is 356. The zero-order chi connectivity index (χ0) is 10.5. The Morgan fingerprint density at radius 1 is 1.33 bits per heavy atom. The van der Waals surface area contributed by atoms with Crippen molar-refractivity contribution in [3.05, 3.63) is 28.9 Å². The van der Waals surface area contributed by atoms with Gasteiger partial charge in [-0.05, 0) is 0 Å². The molecule has 0 saturated carbocycles.